The van der Waals surface area contributed by atoms with E-state index in [2.05, 4.69) is 29.6 Å². The maximum absolute atomic E-state index is 10.9. The molecule has 0 unspecified atom stereocenters. The zero-order valence-corrected chi connectivity index (χ0v) is 15.5. The molecule has 6 nitrogen and oxygen atoms in total. The first-order valence-corrected chi connectivity index (χ1v) is 8.79. The van der Waals surface area contributed by atoms with Crippen LogP contribution in [0.2, 0.25) is 5.02 Å². The summed E-state index contributed by atoms with van der Waals surface area (Å²) >= 11 is 11.4. The quantitative estimate of drug-likeness (QED) is 0.466. The normalized spacial score (nSPS) is 16.7. The van der Waals surface area contributed by atoms with Gasteiger partial charge < -0.3 is 15.5 Å². The van der Waals surface area contributed by atoms with Crippen molar-refractivity contribution in [2.45, 2.75) is 37.6 Å². The summed E-state index contributed by atoms with van der Waals surface area (Å²) < 4.78 is 0. The highest BCUT2D eigenvalue weighted by molar-refractivity contribution is 7.80. The number of anilines is 1. The van der Waals surface area contributed by atoms with E-state index < -0.39 is 4.92 Å². The fourth-order valence-corrected chi connectivity index (χ4v) is 3.47. The van der Waals surface area contributed by atoms with Crippen LogP contribution in [0.25, 0.3) is 0 Å². The van der Waals surface area contributed by atoms with Crippen molar-refractivity contribution in [1.82, 2.24) is 10.2 Å². The Hall–Kier alpha value is -1.44. The molecule has 0 saturated heterocycles. The van der Waals surface area contributed by atoms with E-state index in [1.807, 2.05) is 0 Å². The largest absolute Gasteiger partial charge is 0.361 e. The van der Waals surface area contributed by atoms with Crippen molar-refractivity contribution in [3.05, 3.63) is 33.3 Å². The SMILES string of the molecule is CN(C)C1(CNC(=S)Nc2cc([N+](=O)[O-])ccc2Cl)CCCCC1. The fraction of sp³-hybridized carbons (Fsp3) is 0.562. The number of halogens is 1. The molecule has 1 aromatic carbocycles. The lowest BCUT2D eigenvalue weighted by atomic mass is 9.80. The van der Waals surface area contributed by atoms with Gasteiger partial charge in [-0.15, -0.1) is 0 Å². The van der Waals surface area contributed by atoms with Gasteiger partial charge in [0.15, 0.2) is 5.11 Å². The number of nitrogens with one attached hydrogen (secondary N) is 2. The highest BCUT2D eigenvalue weighted by atomic mass is 35.5. The lowest BCUT2D eigenvalue weighted by Gasteiger charge is -2.43. The van der Waals surface area contributed by atoms with Crippen LogP contribution in [0.1, 0.15) is 32.1 Å². The average Bonchev–Trinajstić information content (AvgIpc) is 2.55. The first-order valence-electron chi connectivity index (χ1n) is 8.00. The highest BCUT2D eigenvalue weighted by Crippen LogP contribution is 2.32. The fourth-order valence-electron chi connectivity index (χ4n) is 3.13. The van der Waals surface area contributed by atoms with Gasteiger partial charge in [-0.2, -0.15) is 0 Å². The van der Waals surface area contributed by atoms with Gasteiger partial charge in [-0.05, 0) is 45.2 Å². The Morgan fingerprint density at radius 1 is 1.38 bits per heavy atom. The summed E-state index contributed by atoms with van der Waals surface area (Å²) in [5, 5.41) is 17.9. The van der Waals surface area contributed by atoms with Crippen molar-refractivity contribution < 1.29 is 4.92 Å². The number of nitro benzene ring substituents is 1. The van der Waals surface area contributed by atoms with Crippen LogP contribution in [0.3, 0.4) is 0 Å². The maximum Gasteiger partial charge on any atom is 0.271 e. The van der Waals surface area contributed by atoms with Crippen molar-refractivity contribution in [2.24, 2.45) is 0 Å². The van der Waals surface area contributed by atoms with E-state index in [1.54, 1.807) is 0 Å². The van der Waals surface area contributed by atoms with Crippen LogP contribution in [0.4, 0.5) is 11.4 Å². The number of non-ortho nitro benzene ring substituents is 1. The van der Waals surface area contributed by atoms with Gasteiger partial charge in [0.2, 0.25) is 0 Å². The Labute approximate surface area is 152 Å². The topological polar surface area (TPSA) is 70.4 Å². The molecule has 0 heterocycles. The van der Waals surface area contributed by atoms with Gasteiger partial charge in [0.1, 0.15) is 0 Å². The van der Waals surface area contributed by atoms with Gasteiger partial charge in [0.05, 0.1) is 15.6 Å². The molecule has 0 spiro atoms. The maximum atomic E-state index is 10.9. The van der Waals surface area contributed by atoms with Crippen LogP contribution >= 0.6 is 23.8 Å². The van der Waals surface area contributed by atoms with Crippen molar-refractivity contribution in [3.63, 3.8) is 0 Å². The van der Waals surface area contributed by atoms with Gasteiger partial charge in [0.25, 0.3) is 5.69 Å². The van der Waals surface area contributed by atoms with Gasteiger partial charge in [-0.3, -0.25) is 10.1 Å². The zero-order valence-electron chi connectivity index (χ0n) is 14.0. The number of rotatable bonds is 5. The summed E-state index contributed by atoms with van der Waals surface area (Å²) in [6.45, 7) is 0.735. The number of benzene rings is 1. The molecule has 1 aliphatic carbocycles. The minimum atomic E-state index is -0.457. The molecule has 24 heavy (non-hydrogen) atoms. The first kappa shape index (κ1) is 18.9. The molecule has 0 amide bonds. The Kier molecular flexibility index (Phi) is 6.37. The third kappa shape index (κ3) is 4.55. The summed E-state index contributed by atoms with van der Waals surface area (Å²) in [5.41, 5.74) is 0.504. The van der Waals surface area contributed by atoms with Crippen LogP contribution in [0, 0.1) is 10.1 Å². The summed E-state index contributed by atoms with van der Waals surface area (Å²) in [6.07, 6.45) is 5.98. The molecule has 1 fully saturated rings. The Balaban J connectivity index is 2.00. The van der Waals surface area contributed by atoms with Gasteiger partial charge >= 0.3 is 0 Å². The molecular formula is C16H23ClN4O2S. The van der Waals surface area contributed by atoms with E-state index in [1.165, 1.54) is 37.5 Å². The Morgan fingerprint density at radius 3 is 2.62 bits per heavy atom. The molecule has 1 aromatic rings. The summed E-state index contributed by atoms with van der Waals surface area (Å²) in [6, 6.07) is 4.25. The van der Waals surface area contributed by atoms with Crippen molar-refractivity contribution >= 4 is 40.3 Å². The predicted molar refractivity (Wildman–Crippen MR) is 102 cm³/mol. The van der Waals surface area contributed by atoms with E-state index in [0.29, 0.717) is 15.8 Å². The number of thiocarbonyl (C=S) groups is 1. The summed E-state index contributed by atoms with van der Waals surface area (Å²) in [7, 11) is 4.20. The monoisotopic (exact) mass is 370 g/mol. The van der Waals surface area contributed by atoms with Crippen LogP contribution in [0.15, 0.2) is 18.2 Å². The van der Waals surface area contributed by atoms with Crippen molar-refractivity contribution in [3.8, 4) is 0 Å². The molecular weight excluding hydrogens is 348 g/mol. The van der Waals surface area contributed by atoms with Gasteiger partial charge in [-0.1, -0.05) is 30.9 Å². The molecule has 1 aliphatic rings. The highest BCUT2D eigenvalue weighted by Gasteiger charge is 2.34. The molecule has 2 rings (SSSR count). The van der Waals surface area contributed by atoms with E-state index >= 15 is 0 Å². The Bertz CT molecular complexity index is 618. The molecule has 132 valence electrons. The number of nitro groups is 1. The van der Waals surface area contributed by atoms with Gasteiger partial charge in [-0.25, -0.2) is 0 Å². The number of hydrogen-bond donors (Lipinski definition) is 2. The molecule has 8 heteroatoms. The third-order valence-corrected chi connectivity index (χ3v) is 5.30. The van der Waals surface area contributed by atoms with Crippen molar-refractivity contribution in [1.29, 1.82) is 0 Å². The molecule has 0 aliphatic heterocycles. The zero-order chi connectivity index (χ0) is 17.7. The predicted octanol–water partition coefficient (Wildman–Crippen LogP) is 3.80. The van der Waals surface area contributed by atoms with E-state index in [4.69, 9.17) is 23.8 Å². The minimum Gasteiger partial charge on any atom is -0.361 e. The minimum absolute atomic E-state index is 0.0262. The van der Waals surface area contributed by atoms with Crippen molar-refractivity contribution in [2.75, 3.05) is 26.0 Å². The lowest BCUT2D eigenvalue weighted by molar-refractivity contribution is -0.384. The second-order valence-electron chi connectivity index (χ2n) is 6.41. The smallest absolute Gasteiger partial charge is 0.271 e. The third-order valence-electron chi connectivity index (χ3n) is 4.72. The first-order chi connectivity index (χ1) is 11.3. The molecule has 0 bridgehead atoms. The second-order valence-corrected chi connectivity index (χ2v) is 7.22. The molecule has 0 radical (unpaired) electrons. The van der Waals surface area contributed by atoms with Crippen LogP contribution in [-0.4, -0.2) is 41.1 Å². The van der Waals surface area contributed by atoms with Gasteiger partial charge in [0, 0.05) is 24.2 Å². The lowest BCUT2D eigenvalue weighted by Crippen LogP contribution is -2.54. The number of nitrogens with zero attached hydrogens (tertiary/aromatic N) is 2. The standard InChI is InChI=1S/C16H23ClN4O2S/c1-20(2)16(8-4-3-5-9-16)11-18-15(24)19-14-10-12(21(22)23)6-7-13(14)17/h6-7,10H,3-5,8-9,11H2,1-2H3,(H2,18,19,24). The molecule has 0 atom stereocenters. The summed E-state index contributed by atoms with van der Waals surface area (Å²) in [5.74, 6) is 0. The van der Waals surface area contributed by atoms with E-state index in [0.717, 1.165) is 19.4 Å². The molecule has 1 saturated carbocycles. The van der Waals surface area contributed by atoms with Crippen LogP contribution < -0.4 is 10.6 Å². The number of likely N-dealkylation sites (N-methyl/N-ethyl adjacent to an activating group) is 1. The second kappa shape index (κ2) is 8.09. The van der Waals surface area contributed by atoms with Crippen LogP contribution in [0.5, 0.6) is 0 Å². The molecule has 0 aromatic heterocycles. The molecule has 2 N–H and O–H groups in total. The van der Waals surface area contributed by atoms with E-state index in [-0.39, 0.29) is 11.2 Å². The van der Waals surface area contributed by atoms with Crippen LogP contribution in [-0.2, 0) is 0 Å². The average molecular weight is 371 g/mol. The number of hydrogen-bond acceptors (Lipinski definition) is 4. The Morgan fingerprint density at radius 2 is 2.04 bits per heavy atom. The van der Waals surface area contributed by atoms with E-state index in [9.17, 15) is 10.1 Å². The summed E-state index contributed by atoms with van der Waals surface area (Å²) in [4.78, 5) is 12.7.